The normalized spacial score (nSPS) is 20.2. The highest BCUT2D eigenvalue weighted by Crippen LogP contribution is 2.40. The van der Waals surface area contributed by atoms with Gasteiger partial charge in [-0.15, -0.1) is 23.1 Å². The van der Waals surface area contributed by atoms with Gasteiger partial charge in [0.05, 0.1) is 10.4 Å². The first-order valence-electron chi connectivity index (χ1n) is 10.2. The van der Waals surface area contributed by atoms with Crippen molar-refractivity contribution >= 4 is 56.8 Å². The van der Waals surface area contributed by atoms with Gasteiger partial charge in [0.2, 0.25) is 5.52 Å². The molecule has 0 saturated carbocycles. The van der Waals surface area contributed by atoms with Crippen molar-refractivity contribution in [2.45, 2.75) is 18.0 Å². The predicted octanol–water partition coefficient (Wildman–Crippen LogP) is 0.701. The number of amides is 2. The summed E-state index contributed by atoms with van der Waals surface area (Å²) in [5, 5.41) is 24.2. The van der Waals surface area contributed by atoms with E-state index in [1.807, 2.05) is 34.3 Å². The Hall–Kier alpha value is -3.71. The van der Waals surface area contributed by atoms with Crippen LogP contribution in [0.25, 0.3) is 10.2 Å². The fraction of sp³-hybridized carbons (Fsp3) is 0.238. The van der Waals surface area contributed by atoms with Gasteiger partial charge in [-0.25, -0.2) is 4.79 Å². The second kappa shape index (κ2) is 8.91. The molecule has 0 bridgehead atoms. The van der Waals surface area contributed by atoms with Crippen LogP contribution in [0.1, 0.15) is 5.69 Å². The lowest BCUT2D eigenvalue weighted by atomic mass is 10.0. The Labute approximate surface area is 201 Å². The van der Waals surface area contributed by atoms with Crippen LogP contribution in [0.4, 0.5) is 0 Å². The lowest BCUT2D eigenvalue weighted by molar-refractivity contribution is -0.663. The quantitative estimate of drug-likeness (QED) is 0.188. The number of thioether (sulfide) groups is 1. The van der Waals surface area contributed by atoms with Crippen molar-refractivity contribution in [3.8, 4) is 0 Å². The lowest BCUT2D eigenvalue weighted by Gasteiger charge is -2.49. The molecule has 13 heteroatoms. The average Bonchev–Trinajstić information content (AvgIpc) is 3.53. The van der Waals surface area contributed by atoms with Gasteiger partial charge in [-0.3, -0.25) is 19.6 Å². The second-order valence-electron chi connectivity index (χ2n) is 7.52. The number of nitrogens with zero attached hydrogens (tertiary/aromatic N) is 4. The zero-order chi connectivity index (χ0) is 23.8. The highest BCUT2D eigenvalue weighted by atomic mass is 32.2. The van der Waals surface area contributed by atoms with E-state index < -0.39 is 29.2 Å². The van der Waals surface area contributed by atoms with Crippen molar-refractivity contribution in [2.24, 2.45) is 5.16 Å². The summed E-state index contributed by atoms with van der Waals surface area (Å²) in [7, 11) is 1.30. The molecular weight excluding hydrogens is 480 g/mol. The van der Waals surface area contributed by atoms with Crippen LogP contribution in [0, 0.1) is 0 Å². The number of carbonyl (C=O) groups excluding carboxylic acids is 2. The first kappa shape index (κ1) is 22.1. The smallest absolute Gasteiger partial charge is 0.352 e. The van der Waals surface area contributed by atoms with Gasteiger partial charge in [0, 0.05) is 29.7 Å². The molecule has 3 aromatic rings. The van der Waals surface area contributed by atoms with Crippen LogP contribution >= 0.6 is 23.1 Å². The molecule has 0 aromatic carbocycles. The zero-order valence-corrected chi connectivity index (χ0v) is 19.4. The number of hydrogen-bond acceptors (Lipinski definition) is 8. The number of rotatable bonds is 7. The molecule has 5 heterocycles. The molecule has 5 rings (SSSR count). The minimum absolute atomic E-state index is 0.0293. The van der Waals surface area contributed by atoms with Gasteiger partial charge < -0.3 is 15.3 Å². The number of H-pyrrole nitrogens is 1. The molecule has 2 amide bonds. The SMILES string of the molecule is CO/N=C(\C(=O)NC1C(=O)N2C(C(=O)O)=C(C[n+]3cccc4sccc43)CS[C@H]12)c1ccn[nH]1. The third kappa shape index (κ3) is 3.72. The Kier molecular flexibility index (Phi) is 5.79. The van der Waals surface area contributed by atoms with Crippen LogP contribution < -0.4 is 9.88 Å². The molecule has 3 aromatic heterocycles. The number of carboxylic acids is 1. The third-order valence-corrected chi connectivity index (χ3v) is 7.76. The van der Waals surface area contributed by atoms with Crippen LogP contribution in [0.15, 0.2) is 58.5 Å². The van der Waals surface area contributed by atoms with Crippen molar-refractivity contribution in [3.63, 3.8) is 0 Å². The molecule has 2 atom stereocenters. The number of oxime groups is 1. The van der Waals surface area contributed by atoms with Gasteiger partial charge in [-0.2, -0.15) is 9.67 Å². The second-order valence-corrected chi connectivity index (χ2v) is 9.57. The number of hydrogen-bond donors (Lipinski definition) is 3. The predicted molar refractivity (Wildman–Crippen MR) is 124 cm³/mol. The van der Waals surface area contributed by atoms with Crippen molar-refractivity contribution in [2.75, 3.05) is 12.9 Å². The van der Waals surface area contributed by atoms with Crippen LogP contribution in [0.2, 0.25) is 0 Å². The highest BCUT2D eigenvalue weighted by Gasteiger charge is 2.54. The fourth-order valence-electron chi connectivity index (χ4n) is 4.04. The van der Waals surface area contributed by atoms with E-state index in [-0.39, 0.29) is 11.4 Å². The Balaban J connectivity index is 1.38. The Bertz CT molecular complexity index is 1350. The maximum atomic E-state index is 13.0. The molecule has 34 heavy (non-hydrogen) atoms. The van der Waals surface area contributed by atoms with Gasteiger partial charge in [0.25, 0.3) is 11.8 Å². The summed E-state index contributed by atoms with van der Waals surface area (Å²) in [4.78, 5) is 44.0. The minimum Gasteiger partial charge on any atom is -0.477 e. The molecule has 1 saturated heterocycles. The number of aromatic amines is 1. The summed E-state index contributed by atoms with van der Waals surface area (Å²) in [5.41, 5.74) is 1.86. The number of carbonyl (C=O) groups is 3. The van der Waals surface area contributed by atoms with Gasteiger partial charge in [0.15, 0.2) is 18.5 Å². The third-order valence-electron chi connectivity index (χ3n) is 5.55. The van der Waals surface area contributed by atoms with Crippen LogP contribution in [0.3, 0.4) is 0 Å². The van der Waals surface area contributed by atoms with Crippen LogP contribution in [0.5, 0.6) is 0 Å². The number of thiophene rings is 1. The number of fused-ring (bicyclic) bond motifs is 2. The maximum absolute atomic E-state index is 13.0. The average molecular weight is 500 g/mol. The fourth-order valence-corrected chi connectivity index (χ4v) is 6.18. The van der Waals surface area contributed by atoms with Crippen LogP contribution in [-0.4, -0.2) is 68.0 Å². The van der Waals surface area contributed by atoms with E-state index in [0.29, 0.717) is 23.6 Å². The summed E-state index contributed by atoms with van der Waals surface area (Å²) in [6.45, 7) is 0.348. The van der Waals surface area contributed by atoms with E-state index in [9.17, 15) is 19.5 Å². The largest absolute Gasteiger partial charge is 0.477 e. The van der Waals surface area contributed by atoms with Gasteiger partial charge in [-0.1, -0.05) is 5.16 Å². The Morgan fingerprint density at radius 3 is 3.00 bits per heavy atom. The number of carboxylic acid groups (broad SMARTS) is 1. The minimum atomic E-state index is -1.17. The lowest BCUT2D eigenvalue weighted by Crippen LogP contribution is -2.71. The van der Waals surface area contributed by atoms with E-state index in [0.717, 1.165) is 10.2 Å². The molecule has 2 aliphatic heterocycles. The first-order chi connectivity index (χ1) is 16.5. The summed E-state index contributed by atoms with van der Waals surface area (Å²) < 4.78 is 3.07. The van der Waals surface area contributed by atoms with Crippen LogP contribution in [-0.2, 0) is 25.8 Å². The van der Waals surface area contributed by atoms with Crippen molar-refractivity contribution in [1.82, 2.24) is 20.4 Å². The first-order valence-corrected chi connectivity index (χ1v) is 12.1. The molecule has 0 spiro atoms. The zero-order valence-electron chi connectivity index (χ0n) is 17.8. The number of pyridine rings is 1. The Morgan fingerprint density at radius 2 is 2.26 bits per heavy atom. The van der Waals surface area contributed by atoms with E-state index >= 15 is 0 Å². The van der Waals surface area contributed by atoms with E-state index in [2.05, 4.69) is 20.7 Å². The highest BCUT2D eigenvalue weighted by molar-refractivity contribution is 8.00. The molecule has 1 unspecified atom stereocenters. The van der Waals surface area contributed by atoms with Gasteiger partial charge >= 0.3 is 5.97 Å². The van der Waals surface area contributed by atoms with Gasteiger partial charge in [0.1, 0.15) is 24.2 Å². The maximum Gasteiger partial charge on any atom is 0.352 e. The topological polar surface area (TPSA) is 141 Å². The molecular formula is C21H19N6O5S2+. The molecule has 1 fully saturated rings. The van der Waals surface area contributed by atoms with E-state index in [4.69, 9.17) is 4.84 Å². The summed E-state index contributed by atoms with van der Waals surface area (Å²) in [6, 6.07) is 6.57. The number of aliphatic carboxylic acids is 1. The number of aromatic nitrogens is 3. The molecule has 2 aliphatic rings. The number of β-lactam (4-membered cyclic amide) rings is 1. The molecule has 0 aliphatic carbocycles. The summed E-state index contributed by atoms with van der Waals surface area (Å²) >= 11 is 3.02. The van der Waals surface area contributed by atoms with Crippen molar-refractivity contribution in [1.29, 1.82) is 0 Å². The molecule has 0 radical (unpaired) electrons. The van der Waals surface area contributed by atoms with Crippen molar-refractivity contribution < 1.29 is 28.9 Å². The van der Waals surface area contributed by atoms with E-state index in [1.54, 1.807) is 17.4 Å². The molecule has 174 valence electrons. The summed E-state index contributed by atoms with van der Waals surface area (Å²) in [6.07, 6.45) is 3.35. The molecule has 11 nitrogen and oxygen atoms in total. The standard InChI is InChI=1S/C21H18N6O5S2/c1-32-25-15(12-4-6-22-24-12)18(28)23-16-19(29)27-17(21(30)31)11(10-34-20(16)27)9-26-7-2-3-14-13(26)5-8-33-14/h2-8,16,20H,9-10H2,1H3,(H2-,22,23,24,25,28,30,31)/p+1/t16?,20-/m1/s1. The Morgan fingerprint density at radius 1 is 1.41 bits per heavy atom. The number of nitrogens with one attached hydrogen (secondary N) is 2. The van der Waals surface area contributed by atoms with E-state index in [1.165, 1.54) is 30.0 Å². The molecule has 3 N–H and O–H groups in total. The van der Waals surface area contributed by atoms with Crippen molar-refractivity contribution in [3.05, 3.63) is 59.0 Å². The van der Waals surface area contributed by atoms with Gasteiger partial charge in [-0.05, 0) is 17.5 Å². The monoisotopic (exact) mass is 499 g/mol. The summed E-state index contributed by atoms with van der Waals surface area (Å²) in [5.74, 6) is -1.87.